The zero-order valence-corrected chi connectivity index (χ0v) is 12.8. The van der Waals surface area contributed by atoms with Crippen LogP contribution in [0, 0.1) is 13.8 Å². The summed E-state index contributed by atoms with van der Waals surface area (Å²) in [4.78, 5) is 0. The van der Waals surface area contributed by atoms with Gasteiger partial charge < -0.3 is 10.4 Å². The Bertz CT molecular complexity index is 590. The molecule has 2 aromatic carbocycles. The number of benzene rings is 2. The molecule has 2 N–H and O–H groups in total. The van der Waals surface area contributed by atoms with Gasteiger partial charge in [0.25, 0.3) is 0 Å². The fraction of sp³-hybridized carbons (Fsp3) is 0.294. The zero-order valence-electron chi connectivity index (χ0n) is 12.1. The lowest BCUT2D eigenvalue weighted by molar-refractivity contribution is 0.460. The molecule has 1 atom stereocenters. The number of rotatable bonds is 4. The van der Waals surface area contributed by atoms with E-state index in [1.165, 1.54) is 16.7 Å². The number of aryl methyl sites for hydroxylation is 2. The minimum absolute atomic E-state index is 0.200. The van der Waals surface area contributed by atoms with Gasteiger partial charge in [0.1, 0.15) is 5.75 Å². The maximum absolute atomic E-state index is 9.85. The van der Waals surface area contributed by atoms with Crippen LogP contribution in [0.5, 0.6) is 5.75 Å². The summed E-state index contributed by atoms with van der Waals surface area (Å²) in [7, 11) is 0. The molecule has 2 aromatic rings. The standard InChI is InChI=1S/C17H20ClNO/c1-11-7-8-12(2)14(9-11)13(3)19-10-15-16(18)5-4-6-17(15)20/h4-9,13,19-20H,10H2,1-3H3. The number of aromatic hydroxyl groups is 1. The molecule has 2 rings (SSSR count). The smallest absolute Gasteiger partial charge is 0.121 e. The third kappa shape index (κ3) is 3.33. The maximum atomic E-state index is 9.85. The summed E-state index contributed by atoms with van der Waals surface area (Å²) in [6.07, 6.45) is 0. The van der Waals surface area contributed by atoms with E-state index in [-0.39, 0.29) is 11.8 Å². The van der Waals surface area contributed by atoms with E-state index in [2.05, 4.69) is 44.3 Å². The van der Waals surface area contributed by atoms with Gasteiger partial charge in [0, 0.05) is 23.2 Å². The van der Waals surface area contributed by atoms with Crippen LogP contribution in [-0.4, -0.2) is 5.11 Å². The van der Waals surface area contributed by atoms with E-state index in [9.17, 15) is 5.11 Å². The van der Waals surface area contributed by atoms with Crippen LogP contribution >= 0.6 is 11.6 Å². The van der Waals surface area contributed by atoms with Crippen LogP contribution in [0.25, 0.3) is 0 Å². The van der Waals surface area contributed by atoms with Crippen molar-refractivity contribution in [3.05, 3.63) is 63.7 Å². The Morgan fingerprint density at radius 1 is 1.20 bits per heavy atom. The molecule has 0 saturated heterocycles. The van der Waals surface area contributed by atoms with Crippen molar-refractivity contribution in [2.75, 3.05) is 0 Å². The zero-order chi connectivity index (χ0) is 14.7. The first-order valence-corrected chi connectivity index (χ1v) is 7.13. The number of phenolic OH excluding ortho intramolecular Hbond substituents is 1. The molecular weight excluding hydrogens is 270 g/mol. The molecule has 0 spiro atoms. The second-order valence-electron chi connectivity index (χ2n) is 5.20. The molecule has 0 aromatic heterocycles. The summed E-state index contributed by atoms with van der Waals surface area (Å²) in [5, 5.41) is 13.9. The summed E-state index contributed by atoms with van der Waals surface area (Å²) in [5.74, 6) is 0.234. The first-order valence-electron chi connectivity index (χ1n) is 6.76. The van der Waals surface area contributed by atoms with Crippen LogP contribution < -0.4 is 5.32 Å². The Labute approximate surface area is 125 Å². The quantitative estimate of drug-likeness (QED) is 0.868. The topological polar surface area (TPSA) is 32.3 Å². The third-order valence-electron chi connectivity index (χ3n) is 3.58. The van der Waals surface area contributed by atoms with Crippen molar-refractivity contribution in [2.24, 2.45) is 0 Å². The van der Waals surface area contributed by atoms with E-state index in [4.69, 9.17) is 11.6 Å². The van der Waals surface area contributed by atoms with Gasteiger partial charge in [-0.05, 0) is 44.0 Å². The second kappa shape index (κ2) is 6.29. The van der Waals surface area contributed by atoms with Gasteiger partial charge in [0.15, 0.2) is 0 Å². The van der Waals surface area contributed by atoms with Crippen molar-refractivity contribution in [1.82, 2.24) is 5.32 Å². The summed E-state index contributed by atoms with van der Waals surface area (Å²) in [5.41, 5.74) is 4.53. The van der Waals surface area contributed by atoms with Gasteiger partial charge in [-0.25, -0.2) is 0 Å². The highest BCUT2D eigenvalue weighted by molar-refractivity contribution is 6.31. The number of nitrogens with one attached hydrogen (secondary N) is 1. The Hall–Kier alpha value is -1.51. The van der Waals surface area contributed by atoms with Crippen LogP contribution in [0.2, 0.25) is 5.02 Å². The van der Waals surface area contributed by atoms with Gasteiger partial charge in [0.05, 0.1) is 0 Å². The molecule has 1 unspecified atom stereocenters. The SMILES string of the molecule is Cc1ccc(C)c(C(C)NCc2c(O)cccc2Cl)c1. The predicted molar refractivity (Wildman–Crippen MR) is 84.3 cm³/mol. The van der Waals surface area contributed by atoms with Crippen molar-refractivity contribution in [1.29, 1.82) is 0 Å². The molecule has 0 heterocycles. The maximum Gasteiger partial charge on any atom is 0.121 e. The van der Waals surface area contributed by atoms with Gasteiger partial charge >= 0.3 is 0 Å². The lowest BCUT2D eigenvalue weighted by Crippen LogP contribution is -2.19. The van der Waals surface area contributed by atoms with Gasteiger partial charge in [-0.2, -0.15) is 0 Å². The van der Waals surface area contributed by atoms with Crippen LogP contribution in [0.3, 0.4) is 0 Å². The largest absolute Gasteiger partial charge is 0.508 e. The molecule has 0 amide bonds. The molecule has 0 aliphatic rings. The van der Waals surface area contributed by atoms with Crippen molar-refractivity contribution in [2.45, 2.75) is 33.4 Å². The van der Waals surface area contributed by atoms with E-state index in [0.29, 0.717) is 11.6 Å². The molecule has 3 heteroatoms. The second-order valence-corrected chi connectivity index (χ2v) is 5.61. The third-order valence-corrected chi connectivity index (χ3v) is 3.93. The van der Waals surface area contributed by atoms with E-state index < -0.39 is 0 Å². The molecule has 2 nitrogen and oxygen atoms in total. The highest BCUT2D eigenvalue weighted by atomic mass is 35.5. The normalized spacial score (nSPS) is 12.4. The Balaban J connectivity index is 2.13. The van der Waals surface area contributed by atoms with Crippen molar-refractivity contribution in [3.63, 3.8) is 0 Å². The van der Waals surface area contributed by atoms with E-state index in [1.54, 1.807) is 18.2 Å². The van der Waals surface area contributed by atoms with Crippen LogP contribution in [0.4, 0.5) is 0 Å². The molecule has 0 aliphatic heterocycles. The Morgan fingerprint density at radius 3 is 2.65 bits per heavy atom. The fourth-order valence-electron chi connectivity index (χ4n) is 2.31. The molecular formula is C17H20ClNO. The Morgan fingerprint density at radius 2 is 1.95 bits per heavy atom. The van der Waals surface area contributed by atoms with Crippen LogP contribution in [0.15, 0.2) is 36.4 Å². The molecule has 20 heavy (non-hydrogen) atoms. The molecule has 0 bridgehead atoms. The van der Waals surface area contributed by atoms with Gasteiger partial charge in [-0.3, -0.25) is 0 Å². The van der Waals surface area contributed by atoms with Crippen molar-refractivity contribution in [3.8, 4) is 5.75 Å². The van der Waals surface area contributed by atoms with Crippen molar-refractivity contribution < 1.29 is 5.11 Å². The van der Waals surface area contributed by atoms with Gasteiger partial charge in [-0.15, -0.1) is 0 Å². The monoisotopic (exact) mass is 289 g/mol. The fourth-order valence-corrected chi connectivity index (χ4v) is 2.55. The molecule has 0 radical (unpaired) electrons. The van der Waals surface area contributed by atoms with Crippen LogP contribution in [0.1, 0.15) is 35.2 Å². The predicted octanol–water partition coefficient (Wildman–Crippen LogP) is 4.51. The van der Waals surface area contributed by atoms with E-state index >= 15 is 0 Å². The summed E-state index contributed by atoms with van der Waals surface area (Å²) >= 11 is 6.12. The Kier molecular flexibility index (Phi) is 4.69. The molecule has 0 fully saturated rings. The lowest BCUT2D eigenvalue weighted by Gasteiger charge is -2.18. The molecule has 0 saturated carbocycles. The summed E-state index contributed by atoms with van der Waals surface area (Å²) in [6.45, 7) is 6.87. The number of halogens is 1. The molecule has 0 aliphatic carbocycles. The van der Waals surface area contributed by atoms with E-state index in [1.807, 2.05) is 0 Å². The number of hydrogen-bond donors (Lipinski definition) is 2. The van der Waals surface area contributed by atoms with Crippen molar-refractivity contribution >= 4 is 11.6 Å². The highest BCUT2D eigenvalue weighted by Crippen LogP contribution is 2.26. The van der Waals surface area contributed by atoms with Gasteiger partial charge in [0.2, 0.25) is 0 Å². The number of phenols is 1. The van der Waals surface area contributed by atoms with Gasteiger partial charge in [-0.1, -0.05) is 41.4 Å². The minimum Gasteiger partial charge on any atom is -0.508 e. The van der Waals surface area contributed by atoms with Crippen LogP contribution in [-0.2, 0) is 6.54 Å². The first kappa shape index (κ1) is 14.9. The summed E-state index contributed by atoms with van der Waals surface area (Å²) < 4.78 is 0. The first-order chi connectivity index (χ1) is 9.49. The minimum atomic E-state index is 0.200. The summed E-state index contributed by atoms with van der Waals surface area (Å²) in [6, 6.07) is 11.8. The van der Waals surface area contributed by atoms with E-state index in [0.717, 1.165) is 5.56 Å². The lowest BCUT2D eigenvalue weighted by atomic mass is 10.00. The average Bonchev–Trinajstić information content (AvgIpc) is 2.40. The average molecular weight is 290 g/mol. The molecule has 106 valence electrons. The highest BCUT2D eigenvalue weighted by Gasteiger charge is 2.11. The number of hydrogen-bond acceptors (Lipinski definition) is 2.